The van der Waals surface area contributed by atoms with Crippen LogP contribution in [0.3, 0.4) is 0 Å². The molecule has 3 rings (SSSR count). The Kier molecular flexibility index (Phi) is 3.18. The van der Waals surface area contributed by atoms with Crippen LogP contribution >= 0.6 is 0 Å². The van der Waals surface area contributed by atoms with Crippen LogP contribution in [0.5, 0.6) is 11.5 Å². The molecule has 3 heteroatoms. The number of ether oxygens (including phenoxy) is 1. The Hall–Kier alpha value is -2.00. The third-order valence-corrected chi connectivity index (χ3v) is 4.28. The first-order valence-corrected chi connectivity index (χ1v) is 7.14. The van der Waals surface area contributed by atoms with Crippen molar-refractivity contribution in [3.63, 3.8) is 0 Å². The fraction of sp³-hybridized carbons (Fsp3) is 0.333. The van der Waals surface area contributed by atoms with Gasteiger partial charge in [0.05, 0.1) is 12.2 Å². The summed E-state index contributed by atoms with van der Waals surface area (Å²) in [5, 5.41) is 19.1. The molecule has 0 spiro atoms. The van der Waals surface area contributed by atoms with Crippen LogP contribution in [0, 0.1) is 0 Å². The number of phenols is 2. The lowest BCUT2D eigenvalue weighted by atomic mass is 9.71. The molecule has 2 aromatic carbocycles. The molecule has 2 aromatic rings. The van der Waals surface area contributed by atoms with Crippen molar-refractivity contribution in [2.24, 2.45) is 0 Å². The predicted molar refractivity (Wildman–Crippen MR) is 81.6 cm³/mol. The Morgan fingerprint density at radius 3 is 1.57 bits per heavy atom. The molecule has 21 heavy (non-hydrogen) atoms. The third-order valence-electron chi connectivity index (χ3n) is 4.28. The summed E-state index contributed by atoms with van der Waals surface area (Å²) >= 11 is 0. The second-order valence-electron chi connectivity index (χ2n) is 6.40. The van der Waals surface area contributed by atoms with Crippen molar-refractivity contribution in [3.8, 4) is 11.5 Å². The summed E-state index contributed by atoms with van der Waals surface area (Å²) < 4.78 is 6.00. The van der Waals surface area contributed by atoms with Crippen LogP contribution in [-0.4, -0.2) is 22.4 Å². The minimum Gasteiger partial charge on any atom is -0.508 e. The van der Waals surface area contributed by atoms with Crippen molar-refractivity contribution in [1.29, 1.82) is 0 Å². The van der Waals surface area contributed by atoms with Crippen molar-refractivity contribution < 1.29 is 14.9 Å². The van der Waals surface area contributed by atoms with Gasteiger partial charge in [-0.05, 0) is 55.7 Å². The molecule has 0 saturated carbocycles. The molecule has 0 unspecified atom stereocenters. The molecule has 2 N–H and O–H groups in total. The Morgan fingerprint density at radius 2 is 1.24 bits per heavy atom. The monoisotopic (exact) mass is 284 g/mol. The van der Waals surface area contributed by atoms with Crippen LogP contribution in [0.15, 0.2) is 48.5 Å². The molecular weight excluding hydrogens is 264 g/mol. The highest BCUT2D eigenvalue weighted by atomic mass is 16.5. The number of benzene rings is 2. The highest BCUT2D eigenvalue weighted by Crippen LogP contribution is 2.46. The number of phenolic OH excluding ortho intramolecular Hbond substituents is 2. The molecule has 0 amide bonds. The van der Waals surface area contributed by atoms with Crippen LogP contribution in [0.2, 0.25) is 0 Å². The third kappa shape index (κ3) is 2.49. The average Bonchev–Trinajstić information content (AvgIpc) is 2.78. The van der Waals surface area contributed by atoms with Gasteiger partial charge in [0.15, 0.2) is 0 Å². The van der Waals surface area contributed by atoms with Crippen LogP contribution < -0.4 is 0 Å². The average molecular weight is 284 g/mol. The summed E-state index contributed by atoms with van der Waals surface area (Å²) in [6, 6.07) is 14.6. The molecule has 110 valence electrons. The first-order chi connectivity index (χ1) is 9.91. The number of hydrogen-bond acceptors (Lipinski definition) is 3. The first kappa shape index (κ1) is 14.0. The highest BCUT2D eigenvalue weighted by Gasteiger charge is 2.46. The zero-order valence-electron chi connectivity index (χ0n) is 12.3. The Morgan fingerprint density at radius 1 is 0.810 bits per heavy atom. The van der Waals surface area contributed by atoms with Gasteiger partial charge in [-0.25, -0.2) is 0 Å². The van der Waals surface area contributed by atoms with Crippen molar-refractivity contribution in [1.82, 2.24) is 0 Å². The zero-order chi connectivity index (χ0) is 15.1. The maximum atomic E-state index is 9.53. The molecule has 0 aliphatic carbocycles. The van der Waals surface area contributed by atoms with Gasteiger partial charge in [-0.2, -0.15) is 0 Å². The van der Waals surface area contributed by atoms with Crippen molar-refractivity contribution in [3.05, 3.63) is 59.7 Å². The van der Waals surface area contributed by atoms with Crippen LogP contribution in [0.1, 0.15) is 31.4 Å². The standard InChI is InChI=1S/C18H20O3/c1-17(2)11-18(12-21-17,13-3-7-15(19)8-4-13)14-5-9-16(20)10-6-14/h3-10,19-20H,11-12H2,1-2H3. The van der Waals surface area contributed by atoms with E-state index in [1.807, 2.05) is 24.3 Å². The maximum Gasteiger partial charge on any atom is 0.115 e. The van der Waals surface area contributed by atoms with E-state index >= 15 is 0 Å². The normalized spacial score (nSPS) is 19.5. The SMILES string of the molecule is CC1(C)CC(c2ccc(O)cc2)(c2ccc(O)cc2)CO1. The second kappa shape index (κ2) is 4.78. The van der Waals surface area contributed by atoms with E-state index in [4.69, 9.17) is 4.74 Å². The molecule has 1 fully saturated rings. The van der Waals surface area contributed by atoms with Gasteiger partial charge >= 0.3 is 0 Å². The Labute approximate surface area is 124 Å². The molecule has 1 aliphatic rings. The van der Waals surface area contributed by atoms with E-state index in [0.717, 1.165) is 17.5 Å². The van der Waals surface area contributed by atoms with E-state index in [0.29, 0.717) is 6.61 Å². The summed E-state index contributed by atoms with van der Waals surface area (Å²) in [6.45, 7) is 4.78. The first-order valence-electron chi connectivity index (χ1n) is 7.14. The summed E-state index contributed by atoms with van der Waals surface area (Å²) in [5.41, 5.74) is 1.80. The smallest absolute Gasteiger partial charge is 0.115 e. The fourth-order valence-electron chi connectivity index (χ4n) is 3.25. The molecule has 0 radical (unpaired) electrons. The lowest BCUT2D eigenvalue weighted by Crippen LogP contribution is -2.29. The lowest BCUT2D eigenvalue weighted by Gasteiger charge is -2.30. The lowest BCUT2D eigenvalue weighted by molar-refractivity contribution is 0.0348. The van der Waals surface area contributed by atoms with Crippen LogP contribution in [-0.2, 0) is 10.2 Å². The fourth-order valence-corrected chi connectivity index (χ4v) is 3.25. The molecule has 0 bridgehead atoms. The van der Waals surface area contributed by atoms with E-state index in [1.54, 1.807) is 24.3 Å². The van der Waals surface area contributed by atoms with Gasteiger partial charge in [-0.1, -0.05) is 24.3 Å². The Balaban J connectivity index is 2.12. The largest absolute Gasteiger partial charge is 0.508 e. The van der Waals surface area contributed by atoms with Gasteiger partial charge in [-0.15, -0.1) is 0 Å². The van der Waals surface area contributed by atoms with E-state index < -0.39 is 0 Å². The van der Waals surface area contributed by atoms with Gasteiger partial charge in [0.1, 0.15) is 11.5 Å². The Bertz CT molecular complexity index is 581. The number of aromatic hydroxyl groups is 2. The molecule has 3 nitrogen and oxygen atoms in total. The van der Waals surface area contributed by atoms with Gasteiger partial charge < -0.3 is 14.9 Å². The van der Waals surface area contributed by atoms with Gasteiger partial charge in [0, 0.05) is 5.41 Å². The molecule has 0 atom stereocenters. The summed E-state index contributed by atoms with van der Waals surface area (Å²) in [6.07, 6.45) is 0.857. The molecule has 1 aliphatic heterocycles. The molecule has 1 saturated heterocycles. The number of hydrogen-bond donors (Lipinski definition) is 2. The van der Waals surface area contributed by atoms with E-state index in [9.17, 15) is 10.2 Å². The molecular formula is C18H20O3. The summed E-state index contributed by atoms with van der Waals surface area (Å²) in [4.78, 5) is 0. The van der Waals surface area contributed by atoms with Crippen LogP contribution in [0.25, 0.3) is 0 Å². The minimum atomic E-state index is -0.245. The predicted octanol–water partition coefficient (Wildman–Crippen LogP) is 3.58. The van der Waals surface area contributed by atoms with Gasteiger partial charge in [-0.3, -0.25) is 0 Å². The van der Waals surface area contributed by atoms with Gasteiger partial charge in [0.2, 0.25) is 0 Å². The second-order valence-corrected chi connectivity index (χ2v) is 6.40. The zero-order valence-corrected chi connectivity index (χ0v) is 12.3. The quantitative estimate of drug-likeness (QED) is 0.886. The summed E-state index contributed by atoms with van der Waals surface area (Å²) in [7, 11) is 0. The van der Waals surface area contributed by atoms with Gasteiger partial charge in [0.25, 0.3) is 0 Å². The minimum absolute atomic E-state index is 0.199. The number of rotatable bonds is 2. The van der Waals surface area contributed by atoms with Crippen molar-refractivity contribution in [2.75, 3.05) is 6.61 Å². The topological polar surface area (TPSA) is 49.7 Å². The summed E-state index contributed by atoms with van der Waals surface area (Å²) in [5.74, 6) is 0.524. The molecule has 1 heterocycles. The molecule has 0 aromatic heterocycles. The van der Waals surface area contributed by atoms with Crippen molar-refractivity contribution in [2.45, 2.75) is 31.3 Å². The van der Waals surface area contributed by atoms with E-state index in [1.165, 1.54) is 0 Å². The van der Waals surface area contributed by atoms with Crippen molar-refractivity contribution >= 4 is 0 Å². The van der Waals surface area contributed by atoms with Crippen LogP contribution in [0.4, 0.5) is 0 Å². The highest BCUT2D eigenvalue weighted by molar-refractivity contribution is 5.44. The van der Waals surface area contributed by atoms with E-state index in [2.05, 4.69) is 13.8 Å². The maximum absolute atomic E-state index is 9.53. The van der Waals surface area contributed by atoms with E-state index in [-0.39, 0.29) is 22.5 Å².